The van der Waals surface area contributed by atoms with E-state index in [1.165, 1.54) is 0 Å². The fourth-order valence-electron chi connectivity index (χ4n) is 0.722. The predicted molar refractivity (Wildman–Crippen MR) is 57.1 cm³/mol. The van der Waals surface area contributed by atoms with Crippen LogP contribution in [0.3, 0.4) is 0 Å². The summed E-state index contributed by atoms with van der Waals surface area (Å²) in [7, 11) is 0. The lowest BCUT2D eigenvalue weighted by molar-refractivity contribution is -0.139. The number of thioether (sulfide) groups is 2. The highest BCUT2D eigenvalue weighted by atomic mass is 32.2. The molecule has 0 bridgehead atoms. The molecule has 0 fully saturated rings. The fourth-order valence-corrected chi connectivity index (χ4v) is 2.20. The summed E-state index contributed by atoms with van der Waals surface area (Å²) in [6, 6.07) is 0. The van der Waals surface area contributed by atoms with Crippen molar-refractivity contribution in [2.24, 2.45) is 5.73 Å². The van der Waals surface area contributed by atoms with Crippen molar-refractivity contribution in [3.05, 3.63) is 0 Å². The SMILES string of the molecule is CSCCC(N)(SCCO)C(=O)O. The molecule has 13 heavy (non-hydrogen) atoms. The molecule has 1 unspecified atom stereocenters. The van der Waals surface area contributed by atoms with E-state index in [-0.39, 0.29) is 6.61 Å². The molecule has 1 atom stereocenters. The van der Waals surface area contributed by atoms with Crippen molar-refractivity contribution in [1.82, 2.24) is 0 Å². The number of aliphatic hydroxyl groups excluding tert-OH is 1. The van der Waals surface area contributed by atoms with Gasteiger partial charge >= 0.3 is 5.97 Å². The third-order valence-electron chi connectivity index (χ3n) is 1.49. The first-order valence-electron chi connectivity index (χ1n) is 3.83. The molecule has 0 amide bonds. The molecular formula is C7H15NO3S2. The normalized spacial score (nSPS) is 15.3. The lowest BCUT2D eigenvalue weighted by atomic mass is 10.2. The van der Waals surface area contributed by atoms with Gasteiger partial charge in [0.2, 0.25) is 0 Å². The van der Waals surface area contributed by atoms with Crippen molar-refractivity contribution in [1.29, 1.82) is 0 Å². The summed E-state index contributed by atoms with van der Waals surface area (Å²) in [5, 5.41) is 17.4. The average Bonchev–Trinajstić information content (AvgIpc) is 2.11. The lowest BCUT2D eigenvalue weighted by Gasteiger charge is -2.23. The minimum atomic E-state index is -1.24. The monoisotopic (exact) mass is 225 g/mol. The number of carboxylic acid groups (broad SMARTS) is 1. The minimum absolute atomic E-state index is 0.0455. The van der Waals surface area contributed by atoms with Gasteiger partial charge in [-0.05, 0) is 18.4 Å². The zero-order valence-electron chi connectivity index (χ0n) is 7.52. The summed E-state index contributed by atoms with van der Waals surface area (Å²) < 4.78 is 0. The maximum absolute atomic E-state index is 10.8. The average molecular weight is 225 g/mol. The van der Waals surface area contributed by atoms with Gasteiger partial charge in [-0.25, -0.2) is 4.79 Å². The Labute approximate surface area is 86.3 Å². The van der Waals surface area contributed by atoms with Gasteiger partial charge in [0.05, 0.1) is 6.61 Å². The van der Waals surface area contributed by atoms with Gasteiger partial charge in [-0.3, -0.25) is 0 Å². The molecule has 0 heterocycles. The fraction of sp³-hybridized carbons (Fsp3) is 0.857. The van der Waals surface area contributed by atoms with Crippen LogP contribution in [-0.4, -0.2) is 45.4 Å². The largest absolute Gasteiger partial charge is 0.479 e. The second kappa shape index (κ2) is 6.53. The number of aliphatic carboxylic acids is 1. The van der Waals surface area contributed by atoms with Crippen LogP contribution in [0.5, 0.6) is 0 Å². The maximum atomic E-state index is 10.8. The van der Waals surface area contributed by atoms with Crippen LogP contribution in [0.1, 0.15) is 6.42 Å². The van der Waals surface area contributed by atoms with Crippen molar-refractivity contribution < 1.29 is 15.0 Å². The second-order valence-corrected chi connectivity index (χ2v) is 4.92. The van der Waals surface area contributed by atoms with E-state index in [9.17, 15) is 4.79 Å². The van der Waals surface area contributed by atoms with Crippen LogP contribution in [0.2, 0.25) is 0 Å². The van der Waals surface area contributed by atoms with Crippen molar-refractivity contribution >= 4 is 29.5 Å². The van der Waals surface area contributed by atoms with Crippen LogP contribution in [0, 0.1) is 0 Å². The number of carboxylic acids is 1. The number of nitrogens with two attached hydrogens (primary N) is 1. The van der Waals surface area contributed by atoms with E-state index in [2.05, 4.69) is 0 Å². The van der Waals surface area contributed by atoms with Crippen molar-refractivity contribution in [2.75, 3.05) is 24.4 Å². The van der Waals surface area contributed by atoms with Gasteiger partial charge in [0.25, 0.3) is 0 Å². The van der Waals surface area contributed by atoms with E-state index in [0.717, 1.165) is 11.8 Å². The molecule has 0 aromatic heterocycles. The molecule has 0 saturated heterocycles. The summed E-state index contributed by atoms with van der Waals surface area (Å²) in [4.78, 5) is 9.55. The molecule has 0 aliphatic heterocycles. The number of aliphatic hydroxyl groups is 1. The predicted octanol–water partition coefficient (Wildman–Crippen LogP) is 0.205. The highest BCUT2D eigenvalue weighted by Crippen LogP contribution is 2.24. The zero-order valence-corrected chi connectivity index (χ0v) is 9.16. The number of rotatable bonds is 7. The summed E-state index contributed by atoms with van der Waals surface area (Å²) in [5.74, 6) is 0.0540. The summed E-state index contributed by atoms with van der Waals surface area (Å²) in [6.07, 6.45) is 2.31. The molecule has 0 radical (unpaired) electrons. The third-order valence-corrected chi connectivity index (χ3v) is 3.38. The molecule has 0 aliphatic carbocycles. The van der Waals surface area contributed by atoms with Crippen LogP contribution in [0.4, 0.5) is 0 Å². The maximum Gasteiger partial charge on any atom is 0.334 e. The summed E-state index contributed by atoms with van der Waals surface area (Å²) >= 11 is 2.65. The minimum Gasteiger partial charge on any atom is -0.479 e. The van der Waals surface area contributed by atoms with Gasteiger partial charge in [-0.2, -0.15) is 11.8 Å². The Hall–Kier alpha value is 0.0900. The van der Waals surface area contributed by atoms with Gasteiger partial charge in [0.1, 0.15) is 0 Å². The second-order valence-electron chi connectivity index (χ2n) is 2.51. The number of carbonyl (C=O) groups is 1. The Kier molecular flexibility index (Phi) is 6.58. The Morgan fingerprint density at radius 3 is 2.54 bits per heavy atom. The first kappa shape index (κ1) is 13.1. The van der Waals surface area contributed by atoms with E-state index < -0.39 is 10.8 Å². The zero-order chi connectivity index (χ0) is 10.3. The number of hydrogen-bond acceptors (Lipinski definition) is 5. The molecule has 0 rings (SSSR count). The topological polar surface area (TPSA) is 83.5 Å². The van der Waals surface area contributed by atoms with Gasteiger partial charge in [-0.15, -0.1) is 11.8 Å². The van der Waals surface area contributed by atoms with E-state index in [0.29, 0.717) is 17.9 Å². The number of hydrogen-bond donors (Lipinski definition) is 3. The molecule has 0 spiro atoms. The van der Waals surface area contributed by atoms with Crippen LogP contribution in [-0.2, 0) is 4.79 Å². The van der Waals surface area contributed by atoms with Crippen molar-refractivity contribution in [3.63, 3.8) is 0 Å². The summed E-state index contributed by atoms with van der Waals surface area (Å²) in [6.45, 7) is -0.0455. The van der Waals surface area contributed by atoms with Gasteiger partial charge in [0, 0.05) is 5.75 Å². The first-order chi connectivity index (χ1) is 6.06. The Balaban J connectivity index is 4.08. The van der Waals surface area contributed by atoms with Gasteiger partial charge in [-0.1, -0.05) is 0 Å². The van der Waals surface area contributed by atoms with Crippen LogP contribution >= 0.6 is 23.5 Å². The van der Waals surface area contributed by atoms with E-state index >= 15 is 0 Å². The molecule has 0 saturated carbocycles. The molecular weight excluding hydrogens is 210 g/mol. The third kappa shape index (κ3) is 4.75. The quantitative estimate of drug-likeness (QED) is 0.537. The standard InChI is InChI=1S/C7H15NO3S2/c1-12-4-2-7(8,6(10)11)13-5-3-9/h9H,2-5,8H2,1H3,(H,10,11). The van der Waals surface area contributed by atoms with Gasteiger partial charge in [0.15, 0.2) is 4.87 Å². The van der Waals surface area contributed by atoms with E-state index in [1.807, 2.05) is 6.26 Å². The van der Waals surface area contributed by atoms with E-state index in [1.54, 1.807) is 11.8 Å². The molecule has 0 aromatic rings. The summed E-state index contributed by atoms with van der Waals surface area (Å²) in [5.41, 5.74) is 5.65. The molecule has 78 valence electrons. The highest BCUT2D eigenvalue weighted by Gasteiger charge is 2.33. The molecule has 6 heteroatoms. The van der Waals surface area contributed by atoms with Crippen LogP contribution in [0.25, 0.3) is 0 Å². The van der Waals surface area contributed by atoms with E-state index in [4.69, 9.17) is 15.9 Å². The highest BCUT2D eigenvalue weighted by molar-refractivity contribution is 8.01. The molecule has 4 N–H and O–H groups in total. The van der Waals surface area contributed by atoms with Crippen LogP contribution in [0.15, 0.2) is 0 Å². The van der Waals surface area contributed by atoms with Gasteiger partial charge < -0.3 is 15.9 Å². The molecule has 4 nitrogen and oxygen atoms in total. The Morgan fingerprint density at radius 1 is 1.54 bits per heavy atom. The Bertz CT molecular complexity index is 158. The van der Waals surface area contributed by atoms with Crippen molar-refractivity contribution in [3.8, 4) is 0 Å². The molecule has 0 aromatic carbocycles. The smallest absolute Gasteiger partial charge is 0.334 e. The van der Waals surface area contributed by atoms with Crippen molar-refractivity contribution in [2.45, 2.75) is 11.3 Å². The molecule has 0 aliphatic rings. The lowest BCUT2D eigenvalue weighted by Crippen LogP contribution is -2.45. The Morgan fingerprint density at radius 2 is 2.15 bits per heavy atom. The first-order valence-corrected chi connectivity index (χ1v) is 6.21. The van der Waals surface area contributed by atoms with Crippen LogP contribution < -0.4 is 5.73 Å².